The van der Waals surface area contributed by atoms with Crippen molar-refractivity contribution in [3.05, 3.63) is 89.4 Å². The molecule has 8 heteroatoms. The number of carbonyl (C=O) groups excluding carboxylic acids is 1. The lowest BCUT2D eigenvalue weighted by molar-refractivity contribution is 0.0950. The van der Waals surface area contributed by atoms with Gasteiger partial charge in [0.1, 0.15) is 5.82 Å². The van der Waals surface area contributed by atoms with Crippen LogP contribution in [0.1, 0.15) is 32.7 Å². The molecule has 33 heavy (non-hydrogen) atoms. The van der Waals surface area contributed by atoms with Gasteiger partial charge in [-0.05, 0) is 47.9 Å². The lowest BCUT2D eigenvalue weighted by Gasteiger charge is -2.30. The van der Waals surface area contributed by atoms with Crippen molar-refractivity contribution in [3.63, 3.8) is 0 Å². The quantitative estimate of drug-likeness (QED) is 0.514. The first-order valence-corrected chi connectivity index (χ1v) is 10.9. The molecule has 4 aromatic rings. The average molecular weight is 440 g/mol. The predicted molar refractivity (Wildman–Crippen MR) is 126 cm³/mol. The molecule has 0 saturated carbocycles. The van der Waals surface area contributed by atoms with Crippen LogP contribution in [0.25, 0.3) is 11.1 Å². The molecule has 1 N–H and O–H groups in total. The van der Waals surface area contributed by atoms with Crippen molar-refractivity contribution in [1.29, 1.82) is 0 Å². The molecule has 0 saturated heterocycles. The number of aromatic nitrogens is 5. The van der Waals surface area contributed by atoms with E-state index in [-0.39, 0.29) is 5.91 Å². The summed E-state index contributed by atoms with van der Waals surface area (Å²) < 4.78 is 1.79. The molecule has 0 aromatic carbocycles. The van der Waals surface area contributed by atoms with Gasteiger partial charge in [-0.2, -0.15) is 5.10 Å². The number of pyridine rings is 3. The largest absolute Gasteiger partial charge is 0.352 e. The zero-order valence-electron chi connectivity index (χ0n) is 18.7. The lowest BCUT2D eigenvalue weighted by atomic mass is 10.0. The Morgan fingerprint density at radius 2 is 1.94 bits per heavy atom. The van der Waals surface area contributed by atoms with E-state index in [1.54, 1.807) is 23.3 Å². The molecule has 0 aliphatic carbocycles. The highest BCUT2D eigenvalue weighted by atomic mass is 16.1. The first-order valence-electron chi connectivity index (χ1n) is 10.9. The molecule has 166 valence electrons. The molecule has 0 spiro atoms. The van der Waals surface area contributed by atoms with Crippen molar-refractivity contribution in [2.24, 2.45) is 7.05 Å². The van der Waals surface area contributed by atoms with Gasteiger partial charge in [-0.25, -0.2) is 4.98 Å². The molecule has 5 heterocycles. The zero-order valence-corrected chi connectivity index (χ0v) is 18.7. The molecule has 0 fully saturated rings. The second-order valence-electron chi connectivity index (χ2n) is 8.31. The van der Waals surface area contributed by atoms with Crippen LogP contribution in [0.5, 0.6) is 0 Å². The van der Waals surface area contributed by atoms with Gasteiger partial charge in [-0.15, -0.1) is 0 Å². The van der Waals surface area contributed by atoms with Crippen LogP contribution < -0.4 is 10.2 Å². The van der Waals surface area contributed by atoms with E-state index in [9.17, 15) is 4.79 Å². The van der Waals surface area contributed by atoms with Crippen LogP contribution in [0, 0.1) is 6.92 Å². The number of hydrogen-bond acceptors (Lipinski definition) is 6. The van der Waals surface area contributed by atoms with E-state index < -0.39 is 0 Å². The summed E-state index contributed by atoms with van der Waals surface area (Å²) in [5.41, 5.74) is 6.99. The van der Waals surface area contributed by atoms with Crippen LogP contribution in [-0.2, 0) is 26.6 Å². The zero-order chi connectivity index (χ0) is 22.8. The van der Waals surface area contributed by atoms with E-state index in [0.717, 1.165) is 53.3 Å². The number of amides is 1. The highest BCUT2D eigenvalue weighted by molar-refractivity contribution is 5.94. The van der Waals surface area contributed by atoms with Crippen molar-refractivity contribution < 1.29 is 4.79 Å². The topological polar surface area (TPSA) is 88.8 Å². The normalized spacial score (nSPS) is 13.0. The predicted octanol–water partition coefficient (Wildman–Crippen LogP) is 3.07. The number of hydrogen-bond donors (Lipinski definition) is 1. The minimum atomic E-state index is -0.136. The molecule has 8 nitrogen and oxygen atoms in total. The fraction of sp³-hybridized carbons (Fsp3) is 0.240. The van der Waals surface area contributed by atoms with Gasteiger partial charge in [0, 0.05) is 80.9 Å². The van der Waals surface area contributed by atoms with Crippen molar-refractivity contribution in [2.75, 3.05) is 11.4 Å². The summed E-state index contributed by atoms with van der Waals surface area (Å²) >= 11 is 0. The Hall–Kier alpha value is -4.07. The number of nitrogens with zero attached hydrogens (tertiary/aromatic N) is 6. The van der Waals surface area contributed by atoms with Gasteiger partial charge in [-0.1, -0.05) is 0 Å². The monoisotopic (exact) mass is 439 g/mol. The van der Waals surface area contributed by atoms with Gasteiger partial charge in [0.05, 0.1) is 11.8 Å². The number of fused-ring (bicyclic) bond motifs is 1. The standard InChI is InChI=1S/C25H25N7O/c1-17-9-20(25(33)29-11-18-3-6-26-7-4-18)13-28-24(17)32-8-5-23-21(16-32)10-19(12-27-23)22-14-30-31(2)15-22/h3-4,6-7,9-10,12-15H,5,8,11,16H2,1-2H3,(H,29,33). The summed E-state index contributed by atoms with van der Waals surface area (Å²) in [5, 5.41) is 7.21. The van der Waals surface area contributed by atoms with Gasteiger partial charge in [-0.3, -0.25) is 19.4 Å². The van der Waals surface area contributed by atoms with Crippen molar-refractivity contribution in [3.8, 4) is 11.1 Å². The Bertz CT molecular complexity index is 1300. The molecular weight excluding hydrogens is 414 g/mol. The SMILES string of the molecule is Cc1cc(C(=O)NCc2ccncc2)cnc1N1CCc2ncc(-c3cnn(C)c3)cc2C1. The van der Waals surface area contributed by atoms with E-state index in [4.69, 9.17) is 4.98 Å². The maximum Gasteiger partial charge on any atom is 0.253 e. The third-order valence-electron chi connectivity index (χ3n) is 5.89. The fourth-order valence-electron chi connectivity index (χ4n) is 4.14. The smallest absolute Gasteiger partial charge is 0.253 e. The lowest BCUT2D eigenvalue weighted by Crippen LogP contribution is -2.32. The number of aryl methyl sites for hydroxylation is 2. The Balaban J connectivity index is 1.31. The number of rotatable bonds is 5. The van der Waals surface area contributed by atoms with E-state index in [1.165, 1.54) is 5.56 Å². The molecular formula is C25H25N7O. The summed E-state index contributed by atoms with van der Waals surface area (Å²) in [6, 6.07) is 7.87. The van der Waals surface area contributed by atoms with Gasteiger partial charge in [0.25, 0.3) is 5.91 Å². The Morgan fingerprint density at radius 1 is 1.09 bits per heavy atom. The van der Waals surface area contributed by atoms with Crippen LogP contribution in [0.3, 0.4) is 0 Å². The molecule has 0 unspecified atom stereocenters. The minimum Gasteiger partial charge on any atom is -0.352 e. The summed E-state index contributed by atoms with van der Waals surface area (Å²) in [4.78, 5) is 28.2. The molecule has 5 rings (SSSR count). The molecule has 0 radical (unpaired) electrons. The van der Waals surface area contributed by atoms with E-state index in [0.29, 0.717) is 12.1 Å². The molecule has 4 aromatic heterocycles. The van der Waals surface area contributed by atoms with Crippen molar-refractivity contribution in [2.45, 2.75) is 26.4 Å². The van der Waals surface area contributed by atoms with Crippen LogP contribution in [-0.4, -0.2) is 37.2 Å². The summed E-state index contributed by atoms with van der Waals surface area (Å²) in [5.74, 6) is 0.765. The summed E-state index contributed by atoms with van der Waals surface area (Å²) in [6.45, 7) is 4.03. The third-order valence-corrected chi connectivity index (χ3v) is 5.89. The Labute approximate surface area is 192 Å². The first kappa shape index (κ1) is 20.8. The average Bonchev–Trinajstić information content (AvgIpc) is 3.28. The molecule has 0 atom stereocenters. The Morgan fingerprint density at radius 3 is 2.70 bits per heavy atom. The fourth-order valence-corrected chi connectivity index (χ4v) is 4.14. The van der Waals surface area contributed by atoms with Gasteiger partial charge in [0.2, 0.25) is 0 Å². The van der Waals surface area contributed by atoms with E-state index in [2.05, 4.69) is 31.3 Å². The Kier molecular flexibility index (Phi) is 5.56. The van der Waals surface area contributed by atoms with E-state index in [1.807, 2.05) is 50.8 Å². The van der Waals surface area contributed by atoms with Crippen LogP contribution in [0.4, 0.5) is 5.82 Å². The summed E-state index contributed by atoms with van der Waals surface area (Å²) in [7, 11) is 1.91. The van der Waals surface area contributed by atoms with E-state index >= 15 is 0 Å². The second-order valence-corrected chi connectivity index (χ2v) is 8.31. The van der Waals surface area contributed by atoms with Crippen LogP contribution in [0.2, 0.25) is 0 Å². The van der Waals surface area contributed by atoms with Gasteiger partial charge in [0.15, 0.2) is 0 Å². The summed E-state index contributed by atoms with van der Waals surface area (Å²) in [6.07, 6.45) is 11.7. The third kappa shape index (κ3) is 4.45. The van der Waals surface area contributed by atoms with Gasteiger partial charge >= 0.3 is 0 Å². The second kappa shape index (κ2) is 8.82. The molecule has 1 amide bonds. The highest BCUT2D eigenvalue weighted by Crippen LogP contribution is 2.28. The van der Waals surface area contributed by atoms with Gasteiger partial charge < -0.3 is 10.2 Å². The number of anilines is 1. The minimum absolute atomic E-state index is 0.136. The first-order chi connectivity index (χ1) is 16.1. The van der Waals surface area contributed by atoms with Crippen molar-refractivity contribution in [1.82, 2.24) is 30.0 Å². The van der Waals surface area contributed by atoms with Crippen LogP contribution >= 0.6 is 0 Å². The molecule has 1 aliphatic rings. The molecule has 1 aliphatic heterocycles. The number of carbonyl (C=O) groups is 1. The highest BCUT2D eigenvalue weighted by Gasteiger charge is 2.21. The maximum atomic E-state index is 12.6. The number of nitrogens with one attached hydrogen (secondary N) is 1. The molecule has 0 bridgehead atoms. The van der Waals surface area contributed by atoms with Crippen LogP contribution in [0.15, 0.2) is 61.4 Å². The maximum absolute atomic E-state index is 12.6. The van der Waals surface area contributed by atoms with Crippen molar-refractivity contribution >= 4 is 11.7 Å².